The van der Waals surface area contributed by atoms with Gasteiger partial charge in [-0.15, -0.1) is 11.3 Å². The van der Waals surface area contributed by atoms with E-state index < -0.39 is 0 Å². The first-order valence-corrected chi connectivity index (χ1v) is 5.80. The maximum absolute atomic E-state index is 4.43. The molecule has 2 heterocycles. The molecule has 2 aromatic rings. The van der Waals surface area contributed by atoms with Crippen LogP contribution in [-0.2, 0) is 0 Å². The van der Waals surface area contributed by atoms with E-state index in [0.717, 1.165) is 12.2 Å². The van der Waals surface area contributed by atoms with Crippen LogP contribution in [0.2, 0.25) is 0 Å². The van der Waals surface area contributed by atoms with Crippen molar-refractivity contribution in [3.8, 4) is 11.3 Å². The summed E-state index contributed by atoms with van der Waals surface area (Å²) in [6.07, 6.45) is 1.79. The molecule has 4 heteroatoms. The molecule has 0 unspecified atom stereocenters. The lowest BCUT2D eigenvalue weighted by molar-refractivity contribution is 1.09. The van der Waals surface area contributed by atoms with Crippen LogP contribution in [-0.4, -0.2) is 16.5 Å². The summed E-state index contributed by atoms with van der Waals surface area (Å²) in [6.45, 7) is 4.97. The topological polar surface area (TPSA) is 37.8 Å². The molecule has 2 aromatic heterocycles. The number of nitrogens with zero attached hydrogens (tertiary/aromatic N) is 2. The van der Waals surface area contributed by atoms with Gasteiger partial charge in [0.2, 0.25) is 5.95 Å². The van der Waals surface area contributed by atoms with Crippen molar-refractivity contribution < 1.29 is 0 Å². The van der Waals surface area contributed by atoms with Crippen molar-refractivity contribution in [2.24, 2.45) is 0 Å². The van der Waals surface area contributed by atoms with Crippen molar-refractivity contribution >= 4 is 17.3 Å². The highest BCUT2D eigenvalue weighted by molar-refractivity contribution is 7.10. The van der Waals surface area contributed by atoms with Gasteiger partial charge < -0.3 is 5.32 Å². The Kier molecular flexibility index (Phi) is 2.97. The predicted molar refractivity (Wildman–Crippen MR) is 64.2 cm³/mol. The smallest absolute Gasteiger partial charge is 0.223 e. The van der Waals surface area contributed by atoms with Crippen LogP contribution in [0.1, 0.15) is 11.8 Å². The summed E-state index contributed by atoms with van der Waals surface area (Å²) in [7, 11) is 0. The molecule has 0 saturated heterocycles. The Balaban J connectivity index is 2.32. The number of nitrogens with one attached hydrogen (secondary N) is 1. The summed E-state index contributed by atoms with van der Waals surface area (Å²) >= 11 is 1.74. The molecule has 0 radical (unpaired) electrons. The average molecular weight is 219 g/mol. The quantitative estimate of drug-likeness (QED) is 0.862. The summed E-state index contributed by atoms with van der Waals surface area (Å²) in [5, 5.41) is 5.22. The molecule has 78 valence electrons. The molecule has 0 bridgehead atoms. The fourth-order valence-corrected chi connectivity index (χ4v) is 2.04. The Morgan fingerprint density at radius 2 is 2.33 bits per heavy atom. The fraction of sp³-hybridized carbons (Fsp3) is 0.273. The number of anilines is 1. The van der Waals surface area contributed by atoms with Crippen LogP contribution in [0.15, 0.2) is 23.7 Å². The van der Waals surface area contributed by atoms with Gasteiger partial charge in [-0.25, -0.2) is 9.97 Å². The Morgan fingerprint density at radius 3 is 3.00 bits per heavy atom. The summed E-state index contributed by atoms with van der Waals surface area (Å²) < 4.78 is 0. The van der Waals surface area contributed by atoms with E-state index in [-0.39, 0.29) is 0 Å². The van der Waals surface area contributed by atoms with Crippen LogP contribution < -0.4 is 5.32 Å². The zero-order chi connectivity index (χ0) is 10.7. The van der Waals surface area contributed by atoms with Crippen LogP contribution in [0, 0.1) is 6.92 Å². The lowest BCUT2D eigenvalue weighted by atomic mass is 10.2. The number of aryl methyl sites for hydroxylation is 1. The molecule has 0 aromatic carbocycles. The molecule has 1 N–H and O–H groups in total. The van der Waals surface area contributed by atoms with Gasteiger partial charge in [0.15, 0.2) is 0 Å². The molecule has 0 spiro atoms. The fourth-order valence-electron chi connectivity index (χ4n) is 1.34. The number of rotatable bonds is 3. The predicted octanol–water partition coefficient (Wildman–Crippen LogP) is 2.95. The molecule has 15 heavy (non-hydrogen) atoms. The van der Waals surface area contributed by atoms with Crippen molar-refractivity contribution in [2.45, 2.75) is 13.8 Å². The van der Waals surface area contributed by atoms with Crippen LogP contribution in [0.25, 0.3) is 11.3 Å². The van der Waals surface area contributed by atoms with E-state index in [1.165, 1.54) is 10.4 Å². The van der Waals surface area contributed by atoms with Gasteiger partial charge >= 0.3 is 0 Å². The molecule has 0 aliphatic rings. The second-order valence-electron chi connectivity index (χ2n) is 3.24. The number of hydrogen-bond donors (Lipinski definition) is 1. The lowest BCUT2D eigenvalue weighted by Gasteiger charge is -2.02. The average Bonchev–Trinajstić information content (AvgIpc) is 2.66. The van der Waals surface area contributed by atoms with Gasteiger partial charge in [-0.1, -0.05) is 0 Å². The second kappa shape index (κ2) is 4.40. The molecule has 0 atom stereocenters. The Morgan fingerprint density at radius 1 is 1.47 bits per heavy atom. The monoisotopic (exact) mass is 219 g/mol. The second-order valence-corrected chi connectivity index (χ2v) is 4.36. The molecule has 0 fully saturated rings. The minimum atomic E-state index is 0.693. The summed E-state index contributed by atoms with van der Waals surface area (Å²) in [4.78, 5) is 9.87. The molecule has 0 aliphatic heterocycles. The van der Waals surface area contributed by atoms with Crippen molar-refractivity contribution in [1.29, 1.82) is 0 Å². The number of aromatic nitrogens is 2. The van der Waals surface area contributed by atoms with Crippen molar-refractivity contribution in [2.75, 3.05) is 11.9 Å². The molecule has 0 aliphatic carbocycles. The van der Waals surface area contributed by atoms with Gasteiger partial charge in [0, 0.05) is 28.6 Å². The first kappa shape index (κ1) is 10.1. The minimum absolute atomic E-state index is 0.693. The van der Waals surface area contributed by atoms with Gasteiger partial charge in [0.1, 0.15) is 0 Å². The highest BCUT2D eigenvalue weighted by Crippen LogP contribution is 2.23. The van der Waals surface area contributed by atoms with Gasteiger partial charge in [-0.2, -0.15) is 0 Å². The third kappa shape index (κ3) is 2.33. The maximum Gasteiger partial charge on any atom is 0.223 e. The van der Waals surface area contributed by atoms with E-state index >= 15 is 0 Å². The Labute approximate surface area is 93.2 Å². The maximum atomic E-state index is 4.43. The lowest BCUT2D eigenvalue weighted by Crippen LogP contribution is -2.01. The van der Waals surface area contributed by atoms with E-state index in [1.54, 1.807) is 17.5 Å². The number of thiophene rings is 1. The highest BCUT2D eigenvalue weighted by Gasteiger charge is 2.02. The zero-order valence-corrected chi connectivity index (χ0v) is 9.64. The van der Waals surface area contributed by atoms with Crippen LogP contribution in [0.5, 0.6) is 0 Å². The molecule has 0 amide bonds. The largest absolute Gasteiger partial charge is 0.354 e. The Hall–Kier alpha value is -1.42. The van der Waals surface area contributed by atoms with Crippen molar-refractivity contribution in [1.82, 2.24) is 9.97 Å². The first-order chi connectivity index (χ1) is 7.29. The summed E-state index contributed by atoms with van der Waals surface area (Å²) in [5.41, 5.74) is 2.14. The number of hydrogen-bond acceptors (Lipinski definition) is 4. The summed E-state index contributed by atoms with van der Waals surface area (Å²) in [6, 6.07) is 4.07. The normalized spacial score (nSPS) is 10.3. The van der Waals surface area contributed by atoms with Crippen molar-refractivity contribution in [3.05, 3.63) is 28.6 Å². The van der Waals surface area contributed by atoms with Crippen LogP contribution >= 0.6 is 11.3 Å². The van der Waals surface area contributed by atoms with Crippen molar-refractivity contribution in [3.63, 3.8) is 0 Å². The third-order valence-corrected chi connectivity index (χ3v) is 2.88. The molecule has 3 nitrogen and oxygen atoms in total. The minimum Gasteiger partial charge on any atom is -0.354 e. The van der Waals surface area contributed by atoms with E-state index in [1.807, 2.05) is 13.0 Å². The van der Waals surface area contributed by atoms with Crippen LogP contribution in [0.3, 0.4) is 0 Å². The summed E-state index contributed by atoms with van der Waals surface area (Å²) in [5.74, 6) is 0.693. The van der Waals surface area contributed by atoms with Gasteiger partial charge in [-0.05, 0) is 26.0 Å². The third-order valence-electron chi connectivity index (χ3n) is 2.02. The van der Waals surface area contributed by atoms with E-state index in [2.05, 4.69) is 33.7 Å². The van der Waals surface area contributed by atoms with Gasteiger partial charge in [-0.3, -0.25) is 0 Å². The van der Waals surface area contributed by atoms with E-state index in [0.29, 0.717) is 5.95 Å². The standard InChI is InChI=1S/C11H13N3S/c1-3-12-11-13-5-4-10(14-11)9-6-8(2)15-7-9/h4-7H,3H2,1-2H3,(H,12,13,14). The zero-order valence-electron chi connectivity index (χ0n) is 8.82. The van der Waals surface area contributed by atoms with E-state index in [9.17, 15) is 0 Å². The molecule has 2 rings (SSSR count). The highest BCUT2D eigenvalue weighted by atomic mass is 32.1. The van der Waals surface area contributed by atoms with Gasteiger partial charge in [0.25, 0.3) is 0 Å². The molecular formula is C11H13N3S. The van der Waals surface area contributed by atoms with Gasteiger partial charge in [0.05, 0.1) is 5.69 Å². The van der Waals surface area contributed by atoms with Crippen LogP contribution in [0.4, 0.5) is 5.95 Å². The molecule has 0 saturated carbocycles. The Bertz CT molecular complexity index is 451. The molecular weight excluding hydrogens is 206 g/mol. The SMILES string of the molecule is CCNc1nccc(-c2csc(C)c2)n1. The van der Waals surface area contributed by atoms with E-state index in [4.69, 9.17) is 0 Å². The first-order valence-electron chi connectivity index (χ1n) is 4.92.